The molecule has 0 spiro atoms. The van der Waals surface area contributed by atoms with Crippen molar-refractivity contribution >= 4 is 22.9 Å². The summed E-state index contributed by atoms with van der Waals surface area (Å²) in [5.74, 6) is 0. The van der Waals surface area contributed by atoms with Crippen molar-refractivity contribution in [2.45, 2.75) is 13.2 Å². The van der Waals surface area contributed by atoms with Crippen molar-refractivity contribution in [3.63, 3.8) is 0 Å². The van der Waals surface area contributed by atoms with E-state index >= 15 is 0 Å². The van der Waals surface area contributed by atoms with Gasteiger partial charge in [-0.2, -0.15) is 0 Å². The summed E-state index contributed by atoms with van der Waals surface area (Å²) in [6, 6.07) is 12.0. The second kappa shape index (κ2) is 7.54. The molecule has 0 fully saturated rings. The van der Waals surface area contributed by atoms with Crippen LogP contribution in [0.15, 0.2) is 41.8 Å². The molecule has 1 aromatic carbocycles. The van der Waals surface area contributed by atoms with E-state index in [1.54, 1.807) is 11.3 Å². The van der Waals surface area contributed by atoms with Gasteiger partial charge < -0.3 is 10.1 Å². The van der Waals surface area contributed by atoms with Crippen LogP contribution in [0.25, 0.3) is 0 Å². The van der Waals surface area contributed by atoms with Crippen LogP contribution in [0, 0.1) is 0 Å². The van der Waals surface area contributed by atoms with Gasteiger partial charge >= 0.3 is 0 Å². The number of benzene rings is 1. The first-order valence-corrected chi connectivity index (χ1v) is 7.16. The van der Waals surface area contributed by atoms with E-state index in [4.69, 9.17) is 16.3 Å². The molecular weight excluding hydrogens is 266 g/mol. The first-order chi connectivity index (χ1) is 8.86. The zero-order valence-electron chi connectivity index (χ0n) is 10.1. The molecule has 2 nitrogen and oxygen atoms in total. The van der Waals surface area contributed by atoms with Crippen molar-refractivity contribution in [3.05, 3.63) is 57.2 Å². The van der Waals surface area contributed by atoms with E-state index in [1.807, 2.05) is 24.3 Å². The van der Waals surface area contributed by atoms with Gasteiger partial charge in [-0.05, 0) is 23.1 Å². The van der Waals surface area contributed by atoms with E-state index in [0.717, 1.165) is 23.7 Å². The topological polar surface area (TPSA) is 21.3 Å². The average Bonchev–Trinajstić information content (AvgIpc) is 2.89. The lowest BCUT2D eigenvalue weighted by molar-refractivity contribution is 0.122. The minimum absolute atomic E-state index is 0.570. The molecule has 2 rings (SSSR count). The highest BCUT2D eigenvalue weighted by Gasteiger charge is 1.98. The maximum Gasteiger partial charge on any atom is 0.0731 e. The fourth-order valence-electron chi connectivity index (χ4n) is 1.57. The predicted molar refractivity (Wildman–Crippen MR) is 77.1 cm³/mol. The third-order valence-electron chi connectivity index (χ3n) is 2.52. The molecule has 18 heavy (non-hydrogen) atoms. The van der Waals surface area contributed by atoms with Crippen LogP contribution < -0.4 is 5.32 Å². The van der Waals surface area contributed by atoms with Crippen LogP contribution in [0.1, 0.15) is 10.4 Å². The van der Waals surface area contributed by atoms with Gasteiger partial charge in [0.25, 0.3) is 0 Å². The van der Waals surface area contributed by atoms with E-state index in [-0.39, 0.29) is 0 Å². The zero-order chi connectivity index (χ0) is 12.6. The monoisotopic (exact) mass is 281 g/mol. The van der Waals surface area contributed by atoms with Gasteiger partial charge in [0.15, 0.2) is 0 Å². The second-order valence-corrected chi connectivity index (χ2v) is 5.34. The highest BCUT2D eigenvalue weighted by Crippen LogP contribution is 2.15. The molecule has 4 heteroatoms. The van der Waals surface area contributed by atoms with Crippen LogP contribution in [0.4, 0.5) is 0 Å². The molecule has 1 N–H and O–H groups in total. The first-order valence-electron chi connectivity index (χ1n) is 5.90. The molecule has 1 heterocycles. The molecule has 0 aliphatic heterocycles. The van der Waals surface area contributed by atoms with Gasteiger partial charge in [0, 0.05) is 23.0 Å². The van der Waals surface area contributed by atoms with Crippen LogP contribution in [0.3, 0.4) is 0 Å². The van der Waals surface area contributed by atoms with Crippen molar-refractivity contribution in [1.29, 1.82) is 0 Å². The quantitative estimate of drug-likeness (QED) is 0.781. The predicted octanol–water partition coefficient (Wildman–Crippen LogP) is 3.71. The molecule has 0 aliphatic rings. The van der Waals surface area contributed by atoms with Gasteiger partial charge in [-0.15, -0.1) is 11.3 Å². The normalized spacial score (nSPS) is 10.7. The number of nitrogens with one attached hydrogen (secondary N) is 1. The summed E-state index contributed by atoms with van der Waals surface area (Å²) >= 11 is 7.80. The minimum atomic E-state index is 0.570. The average molecular weight is 282 g/mol. The Morgan fingerprint density at radius 1 is 1.17 bits per heavy atom. The van der Waals surface area contributed by atoms with Gasteiger partial charge in [-0.25, -0.2) is 0 Å². The summed E-state index contributed by atoms with van der Waals surface area (Å²) in [4.78, 5) is 1.35. The molecule has 0 bridgehead atoms. The summed E-state index contributed by atoms with van der Waals surface area (Å²) in [6.07, 6.45) is 0. The fourth-order valence-corrected chi connectivity index (χ4v) is 2.43. The van der Waals surface area contributed by atoms with Crippen LogP contribution in [0.5, 0.6) is 0 Å². The third-order valence-corrected chi connectivity index (χ3v) is 3.76. The molecule has 0 amide bonds. The van der Waals surface area contributed by atoms with Crippen LogP contribution in [-0.4, -0.2) is 13.2 Å². The number of hydrogen-bond acceptors (Lipinski definition) is 3. The number of halogens is 1. The first kappa shape index (κ1) is 13.6. The Bertz CT molecular complexity index is 459. The molecule has 0 unspecified atom stereocenters. The van der Waals surface area contributed by atoms with Gasteiger partial charge in [0.1, 0.15) is 0 Å². The molecular formula is C14H16ClNOS. The van der Waals surface area contributed by atoms with Gasteiger partial charge in [-0.3, -0.25) is 0 Å². The lowest BCUT2D eigenvalue weighted by Gasteiger charge is -2.06. The minimum Gasteiger partial charge on any atom is -0.375 e. The zero-order valence-corrected chi connectivity index (χ0v) is 11.6. The Morgan fingerprint density at radius 2 is 2.06 bits per heavy atom. The van der Waals surface area contributed by atoms with E-state index in [2.05, 4.69) is 22.8 Å². The lowest BCUT2D eigenvalue weighted by Crippen LogP contribution is -2.18. The molecule has 0 saturated heterocycles. The standard InChI is InChI=1S/C14H16ClNOS/c15-14-6-2-1-4-12(14)11-17-8-7-16-10-13-5-3-9-18-13/h1-6,9,16H,7-8,10-11H2. The molecule has 0 radical (unpaired) electrons. The van der Waals surface area contributed by atoms with Crippen molar-refractivity contribution < 1.29 is 4.74 Å². The largest absolute Gasteiger partial charge is 0.375 e. The lowest BCUT2D eigenvalue weighted by atomic mass is 10.2. The number of rotatable bonds is 7. The van der Waals surface area contributed by atoms with Crippen LogP contribution in [-0.2, 0) is 17.9 Å². The molecule has 0 atom stereocenters. The summed E-state index contributed by atoms with van der Waals surface area (Å²) in [5.41, 5.74) is 1.04. The van der Waals surface area contributed by atoms with E-state index in [1.165, 1.54) is 4.88 Å². The van der Waals surface area contributed by atoms with Gasteiger partial charge in [-0.1, -0.05) is 35.9 Å². The summed E-state index contributed by atoms with van der Waals surface area (Å²) in [5, 5.41) is 6.20. The van der Waals surface area contributed by atoms with Crippen molar-refractivity contribution in [1.82, 2.24) is 5.32 Å². The maximum absolute atomic E-state index is 6.04. The Morgan fingerprint density at radius 3 is 2.83 bits per heavy atom. The summed E-state index contributed by atoms with van der Waals surface area (Å²) in [7, 11) is 0. The Kier molecular flexibility index (Phi) is 5.68. The highest BCUT2D eigenvalue weighted by molar-refractivity contribution is 7.09. The molecule has 96 valence electrons. The second-order valence-electron chi connectivity index (χ2n) is 3.90. The molecule has 0 saturated carbocycles. The van der Waals surface area contributed by atoms with Crippen LogP contribution >= 0.6 is 22.9 Å². The highest BCUT2D eigenvalue weighted by atomic mass is 35.5. The van der Waals surface area contributed by atoms with E-state index in [9.17, 15) is 0 Å². The Labute approximate surface area is 117 Å². The van der Waals surface area contributed by atoms with E-state index in [0.29, 0.717) is 13.2 Å². The summed E-state index contributed by atoms with van der Waals surface area (Å²) in [6.45, 7) is 3.02. The Hall–Kier alpha value is -0.870. The molecule has 0 aliphatic carbocycles. The van der Waals surface area contributed by atoms with Gasteiger partial charge in [0.2, 0.25) is 0 Å². The SMILES string of the molecule is Clc1ccccc1COCCNCc1cccs1. The van der Waals surface area contributed by atoms with Crippen LogP contribution in [0.2, 0.25) is 5.02 Å². The number of thiophene rings is 1. The summed E-state index contributed by atoms with van der Waals surface area (Å²) < 4.78 is 5.58. The maximum atomic E-state index is 6.04. The fraction of sp³-hybridized carbons (Fsp3) is 0.286. The molecule has 2 aromatic rings. The van der Waals surface area contributed by atoms with Crippen molar-refractivity contribution in [3.8, 4) is 0 Å². The number of ether oxygens (including phenoxy) is 1. The Balaban J connectivity index is 1.58. The van der Waals surface area contributed by atoms with E-state index < -0.39 is 0 Å². The smallest absolute Gasteiger partial charge is 0.0731 e. The van der Waals surface area contributed by atoms with Crippen molar-refractivity contribution in [2.75, 3.05) is 13.2 Å². The van der Waals surface area contributed by atoms with Gasteiger partial charge in [0.05, 0.1) is 13.2 Å². The van der Waals surface area contributed by atoms with Crippen molar-refractivity contribution in [2.24, 2.45) is 0 Å². The molecule has 1 aromatic heterocycles. The third kappa shape index (κ3) is 4.42. The number of hydrogen-bond donors (Lipinski definition) is 1.